The summed E-state index contributed by atoms with van der Waals surface area (Å²) in [4.78, 5) is 36.5. The van der Waals surface area contributed by atoms with Gasteiger partial charge in [-0.15, -0.1) is 0 Å². The molecule has 4 rings (SSSR count). The lowest BCUT2D eigenvalue weighted by Gasteiger charge is -2.45. The van der Waals surface area contributed by atoms with Gasteiger partial charge in [-0.25, -0.2) is 4.79 Å². The number of carbonyl (C=O) groups is 3. The van der Waals surface area contributed by atoms with Crippen LogP contribution in [0.15, 0.2) is 0 Å². The lowest BCUT2D eigenvalue weighted by molar-refractivity contribution is -0.172. The monoisotopic (exact) mass is 410 g/mol. The molecular formula is C22H34O7. The second-order valence-electron chi connectivity index (χ2n) is 10.4. The average molecular weight is 411 g/mol. The van der Waals surface area contributed by atoms with Gasteiger partial charge in [0.05, 0.1) is 16.9 Å². The average Bonchev–Trinajstić information content (AvgIpc) is 2.77. The predicted molar refractivity (Wildman–Crippen MR) is 104 cm³/mol. The number of hydrogen-bond donors (Lipinski definition) is 0. The van der Waals surface area contributed by atoms with E-state index in [0.29, 0.717) is 18.8 Å². The van der Waals surface area contributed by atoms with Crippen LogP contribution in [0.2, 0.25) is 0 Å². The first kappa shape index (κ1) is 22.1. The standard InChI is InChI=1S/C22H34O7/c1-20(2,3)21(4,5)19(25)27-7-6-26-17(23)13-28-22-10-14-8-15(11-22)18(24)29-16(9-14)12-22/h14-16H,6-13H2,1-5H3. The SMILES string of the molecule is CC(C)(C)C(C)(C)C(=O)OCCOC(=O)COC12CC3CC(C1)OC(=O)C(C3)C2. The number of fused-ring (bicyclic) bond motifs is 1. The van der Waals surface area contributed by atoms with Crippen LogP contribution in [-0.2, 0) is 33.3 Å². The molecule has 7 heteroatoms. The highest BCUT2D eigenvalue weighted by Gasteiger charge is 2.53. The van der Waals surface area contributed by atoms with Crippen LogP contribution >= 0.6 is 0 Å². The summed E-state index contributed by atoms with van der Waals surface area (Å²) in [5.74, 6) is -0.627. The Morgan fingerprint density at radius 2 is 1.72 bits per heavy atom. The molecule has 2 aliphatic carbocycles. The van der Waals surface area contributed by atoms with Crippen molar-refractivity contribution in [1.29, 1.82) is 0 Å². The molecule has 0 aromatic heterocycles. The van der Waals surface area contributed by atoms with E-state index in [-0.39, 0.29) is 49.2 Å². The van der Waals surface area contributed by atoms with Gasteiger partial charge in [0.25, 0.3) is 0 Å². The van der Waals surface area contributed by atoms with Gasteiger partial charge in [0.2, 0.25) is 0 Å². The Morgan fingerprint density at radius 1 is 1.03 bits per heavy atom. The minimum Gasteiger partial charge on any atom is -0.462 e. The normalized spacial score (nSPS) is 31.2. The third kappa shape index (κ3) is 4.76. The second kappa shape index (κ2) is 7.89. The molecule has 2 heterocycles. The van der Waals surface area contributed by atoms with Gasteiger partial charge in [-0.3, -0.25) is 9.59 Å². The summed E-state index contributed by atoms with van der Waals surface area (Å²) in [6.45, 7) is 9.49. The van der Waals surface area contributed by atoms with Crippen LogP contribution in [0.25, 0.3) is 0 Å². The number of carbonyl (C=O) groups excluding carboxylic acids is 3. The number of ether oxygens (including phenoxy) is 4. The summed E-state index contributed by atoms with van der Waals surface area (Å²) in [5, 5.41) is 0. The Kier molecular flexibility index (Phi) is 6.01. The number of esters is 3. The molecule has 0 aromatic carbocycles. The lowest BCUT2D eigenvalue weighted by atomic mass is 9.65. The molecule has 4 unspecified atom stereocenters. The zero-order valence-corrected chi connectivity index (χ0v) is 18.2. The molecule has 0 radical (unpaired) electrons. The van der Waals surface area contributed by atoms with Gasteiger partial charge in [-0.2, -0.15) is 0 Å². The van der Waals surface area contributed by atoms with Gasteiger partial charge in [0, 0.05) is 6.42 Å². The Hall–Kier alpha value is -1.63. The number of hydrogen-bond acceptors (Lipinski definition) is 7. The van der Waals surface area contributed by atoms with E-state index < -0.39 is 17.0 Å². The highest BCUT2D eigenvalue weighted by molar-refractivity contribution is 5.77. The highest BCUT2D eigenvalue weighted by atomic mass is 16.6. The maximum atomic E-state index is 12.3. The smallest absolute Gasteiger partial charge is 0.332 e. The fourth-order valence-electron chi connectivity index (χ4n) is 4.58. The van der Waals surface area contributed by atoms with Crippen LogP contribution < -0.4 is 0 Å². The molecule has 0 spiro atoms. The van der Waals surface area contributed by atoms with E-state index in [2.05, 4.69) is 0 Å². The predicted octanol–water partition coefficient (Wildman–Crippen LogP) is 3.04. The van der Waals surface area contributed by atoms with Crippen molar-refractivity contribution in [3.8, 4) is 0 Å². The van der Waals surface area contributed by atoms with Crippen LogP contribution in [-0.4, -0.2) is 49.4 Å². The largest absolute Gasteiger partial charge is 0.462 e. The fraction of sp³-hybridized carbons (Fsp3) is 0.864. The molecule has 164 valence electrons. The minimum absolute atomic E-state index is 0.00335. The van der Waals surface area contributed by atoms with Gasteiger partial charge >= 0.3 is 17.9 Å². The van der Waals surface area contributed by atoms with Gasteiger partial charge < -0.3 is 18.9 Å². The molecule has 7 nitrogen and oxygen atoms in total. The van der Waals surface area contributed by atoms with Crippen molar-refractivity contribution >= 4 is 17.9 Å². The van der Waals surface area contributed by atoms with E-state index in [4.69, 9.17) is 18.9 Å². The molecule has 0 N–H and O–H groups in total. The maximum Gasteiger partial charge on any atom is 0.332 e. The molecule has 0 amide bonds. The van der Waals surface area contributed by atoms with Crippen molar-refractivity contribution in [3.05, 3.63) is 0 Å². The van der Waals surface area contributed by atoms with Gasteiger partial charge in [-0.1, -0.05) is 20.8 Å². The highest BCUT2D eigenvalue weighted by Crippen LogP contribution is 2.51. The van der Waals surface area contributed by atoms with Gasteiger partial charge in [0.1, 0.15) is 25.9 Å². The minimum atomic E-state index is -0.642. The van der Waals surface area contributed by atoms with Crippen LogP contribution in [0.1, 0.15) is 66.7 Å². The Labute approximate surface area is 172 Å². The van der Waals surface area contributed by atoms with E-state index in [0.717, 1.165) is 19.3 Å². The van der Waals surface area contributed by atoms with Crippen LogP contribution in [0.4, 0.5) is 0 Å². The van der Waals surface area contributed by atoms with Crippen LogP contribution in [0.3, 0.4) is 0 Å². The van der Waals surface area contributed by atoms with Crippen molar-refractivity contribution in [2.75, 3.05) is 19.8 Å². The van der Waals surface area contributed by atoms with Gasteiger partial charge in [0.15, 0.2) is 0 Å². The van der Waals surface area contributed by atoms with Gasteiger partial charge in [-0.05, 0) is 50.9 Å². The number of rotatable bonds is 7. The van der Waals surface area contributed by atoms with E-state index in [1.165, 1.54) is 0 Å². The zero-order chi connectivity index (χ0) is 21.4. The molecule has 0 aromatic rings. The molecule has 2 aliphatic heterocycles. The molecule has 4 fully saturated rings. The lowest BCUT2D eigenvalue weighted by Crippen LogP contribution is -2.47. The zero-order valence-electron chi connectivity index (χ0n) is 18.2. The molecule has 4 atom stereocenters. The summed E-state index contributed by atoms with van der Waals surface area (Å²) in [5.41, 5.74) is -1.35. The quantitative estimate of drug-likeness (QED) is 0.362. The van der Waals surface area contributed by atoms with E-state index in [1.807, 2.05) is 34.6 Å². The van der Waals surface area contributed by atoms with Crippen molar-refractivity contribution in [3.63, 3.8) is 0 Å². The summed E-state index contributed by atoms with van der Waals surface area (Å²) in [7, 11) is 0. The second-order valence-corrected chi connectivity index (χ2v) is 10.4. The summed E-state index contributed by atoms with van der Waals surface area (Å²) < 4.78 is 22.0. The first-order chi connectivity index (χ1) is 13.4. The molecule has 2 saturated heterocycles. The summed E-state index contributed by atoms with van der Waals surface area (Å²) >= 11 is 0. The Bertz CT molecular complexity index is 663. The molecule has 4 bridgehead atoms. The Morgan fingerprint density at radius 3 is 2.41 bits per heavy atom. The summed E-state index contributed by atoms with van der Waals surface area (Å²) in [6.07, 6.45) is 3.79. The molecular weight excluding hydrogens is 376 g/mol. The molecule has 4 aliphatic rings. The van der Waals surface area contributed by atoms with Crippen LogP contribution in [0.5, 0.6) is 0 Å². The fourth-order valence-corrected chi connectivity index (χ4v) is 4.58. The first-order valence-electron chi connectivity index (χ1n) is 10.6. The summed E-state index contributed by atoms with van der Waals surface area (Å²) in [6, 6.07) is 0. The molecule has 29 heavy (non-hydrogen) atoms. The van der Waals surface area contributed by atoms with E-state index in [9.17, 15) is 14.4 Å². The van der Waals surface area contributed by atoms with Crippen molar-refractivity contribution in [1.82, 2.24) is 0 Å². The van der Waals surface area contributed by atoms with E-state index >= 15 is 0 Å². The van der Waals surface area contributed by atoms with Crippen molar-refractivity contribution in [2.24, 2.45) is 22.7 Å². The van der Waals surface area contributed by atoms with Crippen molar-refractivity contribution in [2.45, 2.75) is 78.4 Å². The Balaban J connectivity index is 1.41. The third-order valence-electron chi connectivity index (χ3n) is 7.17. The maximum absolute atomic E-state index is 12.3. The first-order valence-corrected chi connectivity index (χ1v) is 10.6. The topological polar surface area (TPSA) is 88.1 Å². The van der Waals surface area contributed by atoms with E-state index in [1.54, 1.807) is 0 Å². The third-order valence-corrected chi connectivity index (χ3v) is 7.17. The van der Waals surface area contributed by atoms with Crippen molar-refractivity contribution < 1.29 is 33.3 Å². The van der Waals surface area contributed by atoms with Crippen LogP contribution in [0, 0.1) is 22.7 Å². The molecule has 2 saturated carbocycles.